The number of rotatable bonds is 3. The number of carbonyl (C=O) groups excluding carboxylic acids is 1. The van der Waals surface area contributed by atoms with Crippen molar-refractivity contribution in [3.8, 4) is 17.2 Å². The van der Waals surface area contributed by atoms with Crippen LogP contribution in [0.1, 0.15) is 27.0 Å². The quantitative estimate of drug-likeness (QED) is 0.568. The normalized spacial score (nSPS) is 12.5. The Hall–Kier alpha value is -3.01. The maximum atomic E-state index is 13.3. The van der Waals surface area contributed by atoms with Gasteiger partial charge in [0.2, 0.25) is 5.78 Å². The SMILES string of the molecule is COc1cc2c(c(OC)c1)C(=O)c1c(cc3ccccc3c1OC)C2. The second-order valence-corrected chi connectivity index (χ2v) is 6.03. The topological polar surface area (TPSA) is 44.8 Å². The molecular weight excluding hydrogens is 316 g/mol. The van der Waals surface area contributed by atoms with Crippen molar-refractivity contribution in [1.82, 2.24) is 0 Å². The van der Waals surface area contributed by atoms with E-state index in [0.29, 0.717) is 34.8 Å². The van der Waals surface area contributed by atoms with Crippen LogP contribution in [0.15, 0.2) is 42.5 Å². The zero-order valence-corrected chi connectivity index (χ0v) is 14.4. The molecule has 4 rings (SSSR count). The van der Waals surface area contributed by atoms with E-state index in [-0.39, 0.29) is 5.78 Å². The van der Waals surface area contributed by atoms with Crippen LogP contribution < -0.4 is 14.2 Å². The van der Waals surface area contributed by atoms with Crippen molar-refractivity contribution in [2.75, 3.05) is 21.3 Å². The van der Waals surface area contributed by atoms with Gasteiger partial charge in [0.05, 0.1) is 32.5 Å². The van der Waals surface area contributed by atoms with Crippen LogP contribution in [0.2, 0.25) is 0 Å². The molecule has 4 heteroatoms. The summed E-state index contributed by atoms with van der Waals surface area (Å²) in [5, 5.41) is 2.00. The Morgan fingerprint density at radius 1 is 0.840 bits per heavy atom. The predicted molar refractivity (Wildman–Crippen MR) is 96.3 cm³/mol. The van der Waals surface area contributed by atoms with E-state index in [4.69, 9.17) is 14.2 Å². The number of ether oxygens (including phenoxy) is 3. The summed E-state index contributed by atoms with van der Waals surface area (Å²) in [6.07, 6.45) is 0.630. The van der Waals surface area contributed by atoms with Crippen molar-refractivity contribution >= 4 is 16.6 Å². The summed E-state index contributed by atoms with van der Waals surface area (Å²) in [6.45, 7) is 0. The summed E-state index contributed by atoms with van der Waals surface area (Å²) in [5.41, 5.74) is 3.08. The smallest absolute Gasteiger partial charge is 0.201 e. The van der Waals surface area contributed by atoms with Crippen LogP contribution in [-0.2, 0) is 6.42 Å². The molecular formula is C21H18O4. The lowest BCUT2D eigenvalue weighted by Gasteiger charge is -2.24. The Labute approximate surface area is 145 Å². The zero-order chi connectivity index (χ0) is 17.6. The van der Waals surface area contributed by atoms with Gasteiger partial charge in [-0.05, 0) is 35.1 Å². The molecule has 0 aromatic heterocycles. The van der Waals surface area contributed by atoms with Crippen LogP contribution in [0.25, 0.3) is 10.8 Å². The molecule has 0 heterocycles. The number of hydrogen-bond acceptors (Lipinski definition) is 4. The fourth-order valence-electron chi connectivity index (χ4n) is 3.62. The zero-order valence-electron chi connectivity index (χ0n) is 14.4. The highest BCUT2D eigenvalue weighted by atomic mass is 16.5. The van der Waals surface area contributed by atoms with E-state index in [1.807, 2.05) is 30.3 Å². The number of fused-ring (bicyclic) bond motifs is 3. The molecule has 3 aromatic carbocycles. The minimum Gasteiger partial charge on any atom is -0.497 e. The molecule has 0 bridgehead atoms. The largest absolute Gasteiger partial charge is 0.497 e. The van der Waals surface area contributed by atoms with Gasteiger partial charge in [0.25, 0.3) is 0 Å². The van der Waals surface area contributed by atoms with Crippen molar-refractivity contribution in [1.29, 1.82) is 0 Å². The van der Waals surface area contributed by atoms with Gasteiger partial charge in [0.1, 0.15) is 17.2 Å². The third-order valence-corrected chi connectivity index (χ3v) is 4.74. The fraction of sp³-hybridized carbons (Fsp3) is 0.190. The van der Waals surface area contributed by atoms with E-state index in [1.54, 1.807) is 27.4 Å². The lowest BCUT2D eigenvalue weighted by molar-refractivity contribution is 0.102. The van der Waals surface area contributed by atoms with Gasteiger partial charge >= 0.3 is 0 Å². The number of benzene rings is 3. The van der Waals surface area contributed by atoms with E-state index in [1.165, 1.54) is 0 Å². The second kappa shape index (κ2) is 5.81. The first-order chi connectivity index (χ1) is 12.2. The third kappa shape index (κ3) is 2.25. The first kappa shape index (κ1) is 15.5. The third-order valence-electron chi connectivity index (χ3n) is 4.74. The minimum atomic E-state index is -0.0710. The van der Waals surface area contributed by atoms with Crippen LogP contribution >= 0.6 is 0 Å². The van der Waals surface area contributed by atoms with Gasteiger partial charge in [-0.1, -0.05) is 24.3 Å². The summed E-state index contributed by atoms with van der Waals surface area (Å²) in [5.74, 6) is 1.76. The van der Waals surface area contributed by atoms with Crippen LogP contribution in [0.5, 0.6) is 17.2 Å². The molecule has 0 fully saturated rings. The summed E-state index contributed by atoms with van der Waals surface area (Å²) in [7, 11) is 4.78. The van der Waals surface area contributed by atoms with E-state index in [9.17, 15) is 4.79 Å². The number of ketones is 1. The number of carbonyl (C=O) groups is 1. The maximum Gasteiger partial charge on any atom is 0.201 e. The van der Waals surface area contributed by atoms with Gasteiger partial charge in [0, 0.05) is 11.5 Å². The molecule has 0 aliphatic heterocycles. The van der Waals surface area contributed by atoms with Gasteiger partial charge in [-0.25, -0.2) is 0 Å². The van der Waals surface area contributed by atoms with E-state index in [0.717, 1.165) is 21.9 Å². The Kier molecular flexibility index (Phi) is 3.61. The predicted octanol–water partition coefficient (Wildman–Crippen LogP) is 4.00. The molecule has 3 aromatic rings. The maximum absolute atomic E-state index is 13.3. The lowest BCUT2D eigenvalue weighted by atomic mass is 9.82. The van der Waals surface area contributed by atoms with Gasteiger partial charge in [-0.2, -0.15) is 0 Å². The van der Waals surface area contributed by atoms with Crippen molar-refractivity contribution in [3.63, 3.8) is 0 Å². The lowest BCUT2D eigenvalue weighted by Crippen LogP contribution is -2.18. The standard InChI is InChI=1S/C21H18O4/c1-23-15-10-14-9-13-8-12-6-4-5-7-16(12)21(25-3)19(13)20(22)18(14)17(11-15)24-2/h4-8,10-11H,9H2,1-3H3. The Morgan fingerprint density at radius 3 is 2.32 bits per heavy atom. The van der Waals surface area contributed by atoms with Gasteiger partial charge < -0.3 is 14.2 Å². The minimum absolute atomic E-state index is 0.0710. The molecule has 0 atom stereocenters. The van der Waals surface area contributed by atoms with Gasteiger partial charge in [-0.3, -0.25) is 4.79 Å². The second-order valence-electron chi connectivity index (χ2n) is 6.03. The van der Waals surface area contributed by atoms with Gasteiger partial charge in [-0.15, -0.1) is 0 Å². The molecule has 0 radical (unpaired) electrons. The molecule has 0 N–H and O–H groups in total. The van der Waals surface area contributed by atoms with Crippen LogP contribution in [-0.4, -0.2) is 27.1 Å². The van der Waals surface area contributed by atoms with Crippen molar-refractivity contribution in [3.05, 3.63) is 64.7 Å². The molecule has 25 heavy (non-hydrogen) atoms. The van der Waals surface area contributed by atoms with Crippen molar-refractivity contribution in [2.45, 2.75) is 6.42 Å². The summed E-state index contributed by atoms with van der Waals surface area (Å²) < 4.78 is 16.4. The molecule has 0 spiro atoms. The average Bonchev–Trinajstić information content (AvgIpc) is 2.65. The highest BCUT2D eigenvalue weighted by Gasteiger charge is 2.31. The Bertz CT molecular complexity index is 1000. The van der Waals surface area contributed by atoms with Crippen molar-refractivity contribution < 1.29 is 19.0 Å². The summed E-state index contributed by atoms with van der Waals surface area (Å²) in [4.78, 5) is 13.3. The molecule has 0 saturated heterocycles. The van der Waals surface area contributed by atoms with Crippen LogP contribution in [0.3, 0.4) is 0 Å². The molecule has 1 aliphatic rings. The highest BCUT2D eigenvalue weighted by molar-refractivity contribution is 6.18. The number of methoxy groups -OCH3 is 3. The first-order valence-electron chi connectivity index (χ1n) is 8.06. The van der Waals surface area contributed by atoms with E-state index >= 15 is 0 Å². The van der Waals surface area contributed by atoms with Crippen LogP contribution in [0, 0.1) is 0 Å². The first-order valence-corrected chi connectivity index (χ1v) is 8.06. The van der Waals surface area contributed by atoms with E-state index < -0.39 is 0 Å². The monoisotopic (exact) mass is 334 g/mol. The molecule has 1 aliphatic carbocycles. The van der Waals surface area contributed by atoms with Gasteiger partial charge in [0.15, 0.2) is 0 Å². The van der Waals surface area contributed by atoms with Crippen molar-refractivity contribution in [2.24, 2.45) is 0 Å². The Morgan fingerprint density at radius 2 is 1.60 bits per heavy atom. The Balaban J connectivity index is 2.02. The highest BCUT2D eigenvalue weighted by Crippen LogP contribution is 2.42. The molecule has 0 amide bonds. The summed E-state index contributed by atoms with van der Waals surface area (Å²) in [6, 6.07) is 13.7. The average molecular weight is 334 g/mol. The van der Waals surface area contributed by atoms with Crippen LogP contribution in [0.4, 0.5) is 0 Å². The summed E-state index contributed by atoms with van der Waals surface area (Å²) >= 11 is 0. The fourth-order valence-corrected chi connectivity index (χ4v) is 3.62. The molecule has 0 saturated carbocycles. The van der Waals surface area contributed by atoms with E-state index in [2.05, 4.69) is 6.07 Å². The molecule has 0 unspecified atom stereocenters. The number of hydrogen-bond donors (Lipinski definition) is 0. The molecule has 4 nitrogen and oxygen atoms in total. The molecule has 126 valence electrons.